The van der Waals surface area contributed by atoms with E-state index in [9.17, 15) is 5.11 Å². The molecule has 2 aromatic rings. The van der Waals surface area contributed by atoms with Crippen molar-refractivity contribution < 1.29 is 5.11 Å². The summed E-state index contributed by atoms with van der Waals surface area (Å²) in [6.45, 7) is 4.04. The van der Waals surface area contributed by atoms with Crippen LogP contribution in [0.15, 0.2) is 30.6 Å². The van der Waals surface area contributed by atoms with E-state index >= 15 is 0 Å². The molecule has 1 saturated heterocycles. The fourth-order valence-electron chi connectivity index (χ4n) is 2.85. The zero-order chi connectivity index (χ0) is 15.2. The van der Waals surface area contributed by atoms with Crippen LogP contribution in [0.3, 0.4) is 0 Å². The molecule has 6 heteroatoms. The van der Waals surface area contributed by atoms with Gasteiger partial charge in [0.25, 0.3) is 0 Å². The molecule has 0 aliphatic carbocycles. The lowest BCUT2D eigenvalue weighted by Crippen LogP contribution is -2.34. The lowest BCUT2D eigenvalue weighted by Gasteiger charge is -2.30. The van der Waals surface area contributed by atoms with Crippen molar-refractivity contribution in [2.75, 3.05) is 19.7 Å². The number of aromatic nitrogens is 4. The molecular weight excluding hydrogens is 278 g/mol. The fraction of sp³-hybridized carbons (Fsp3) is 0.562. The summed E-state index contributed by atoms with van der Waals surface area (Å²) in [7, 11) is 0. The van der Waals surface area contributed by atoms with Crippen LogP contribution >= 0.6 is 0 Å². The first-order chi connectivity index (χ1) is 10.8. The molecule has 118 valence electrons. The minimum atomic E-state index is 0.317. The van der Waals surface area contributed by atoms with Gasteiger partial charge in [0.05, 0.1) is 5.69 Å². The summed E-state index contributed by atoms with van der Waals surface area (Å²) in [5, 5.41) is 17.6. The van der Waals surface area contributed by atoms with Gasteiger partial charge in [-0.1, -0.05) is 11.3 Å². The summed E-state index contributed by atoms with van der Waals surface area (Å²) in [6.07, 6.45) is 6.86. The van der Waals surface area contributed by atoms with Gasteiger partial charge in [-0.25, -0.2) is 0 Å². The van der Waals surface area contributed by atoms with Crippen molar-refractivity contribution in [3.63, 3.8) is 0 Å². The zero-order valence-electron chi connectivity index (χ0n) is 12.8. The molecule has 6 nitrogen and oxygen atoms in total. The van der Waals surface area contributed by atoms with Crippen molar-refractivity contribution in [1.82, 2.24) is 24.9 Å². The molecule has 3 rings (SSSR count). The molecule has 0 saturated carbocycles. The Morgan fingerprint density at radius 1 is 1.18 bits per heavy atom. The highest BCUT2D eigenvalue weighted by molar-refractivity contribution is 5.03. The number of pyridine rings is 1. The van der Waals surface area contributed by atoms with Gasteiger partial charge in [0, 0.05) is 44.2 Å². The summed E-state index contributed by atoms with van der Waals surface area (Å²) in [5.74, 6) is 0.477. The second kappa shape index (κ2) is 7.47. The van der Waals surface area contributed by atoms with E-state index in [1.54, 1.807) is 0 Å². The minimum Gasteiger partial charge on any atom is -0.396 e. The number of hydrogen-bond donors (Lipinski definition) is 1. The number of aliphatic hydroxyl groups excluding tert-OH is 1. The summed E-state index contributed by atoms with van der Waals surface area (Å²) in [6, 6.07) is 5.96. The molecule has 2 aromatic heterocycles. The maximum absolute atomic E-state index is 9.17. The van der Waals surface area contributed by atoms with Crippen LogP contribution in [0.5, 0.6) is 0 Å². The molecule has 0 amide bonds. The quantitative estimate of drug-likeness (QED) is 0.866. The highest BCUT2D eigenvalue weighted by Gasteiger charge is 2.19. The molecule has 0 spiro atoms. The number of likely N-dealkylation sites (tertiary alicyclic amines) is 1. The molecule has 3 heterocycles. The maximum Gasteiger partial charge on any atom is 0.0967 e. The van der Waals surface area contributed by atoms with Crippen LogP contribution in [0, 0.1) is 5.92 Å². The minimum absolute atomic E-state index is 0.317. The highest BCUT2D eigenvalue weighted by Crippen LogP contribution is 2.17. The average Bonchev–Trinajstić information content (AvgIpc) is 3.02. The van der Waals surface area contributed by atoms with E-state index in [0.29, 0.717) is 12.5 Å². The number of piperidine rings is 1. The number of aryl methyl sites for hydroxylation is 2. The molecule has 0 atom stereocenters. The normalized spacial score (nSPS) is 17.0. The van der Waals surface area contributed by atoms with Gasteiger partial charge < -0.3 is 5.11 Å². The molecule has 0 aromatic carbocycles. The summed E-state index contributed by atoms with van der Waals surface area (Å²) in [5.41, 5.74) is 2.09. The first kappa shape index (κ1) is 15.1. The van der Waals surface area contributed by atoms with Crippen molar-refractivity contribution in [1.29, 1.82) is 0 Å². The lowest BCUT2D eigenvalue weighted by atomic mass is 9.98. The Bertz CT molecular complexity index is 563. The van der Waals surface area contributed by atoms with E-state index in [1.807, 2.05) is 35.3 Å². The standard InChI is InChI=1S/C16H23N5O/c22-13-14-4-8-20(9-5-14)11-16-12-21(19-18-16)10-6-15-3-1-2-7-17-15/h1-3,7,12,14,22H,4-6,8-11,13H2. The van der Waals surface area contributed by atoms with Crippen LogP contribution in [0.4, 0.5) is 0 Å². The predicted octanol–water partition coefficient (Wildman–Crippen LogP) is 1.12. The number of hydrogen-bond acceptors (Lipinski definition) is 5. The molecule has 0 unspecified atom stereocenters. The van der Waals surface area contributed by atoms with Crippen LogP contribution in [0.2, 0.25) is 0 Å². The van der Waals surface area contributed by atoms with E-state index in [0.717, 1.165) is 56.8 Å². The van der Waals surface area contributed by atoms with Gasteiger partial charge in [-0.15, -0.1) is 5.10 Å². The molecule has 1 fully saturated rings. The molecule has 1 aliphatic rings. The lowest BCUT2D eigenvalue weighted by molar-refractivity contribution is 0.126. The largest absolute Gasteiger partial charge is 0.396 e. The maximum atomic E-state index is 9.17. The van der Waals surface area contributed by atoms with Crippen molar-refractivity contribution in [3.8, 4) is 0 Å². The molecule has 0 radical (unpaired) electrons. The zero-order valence-corrected chi connectivity index (χ0v) is 12.8. The van der Waals surface area contributed by atoms with Gasteiger partial charge in [0.2, 0.25) is 0 Å². The number of rotatable bonds is 6. The Hall–Kier alpha value is -1.79. The second-order valence-electron chi connectivity index (χ2n) is 5.95. The van der Waals surface area contributed by atoms with Crippen molar-refractivity contribution >= 4 is 0 Å². The van der Waals surface area contributed by atoms with Crippen LogP contribution < -0.4 is 0 Å². The van der Waals surface area contributed by atoms with Crippen LogP contribution in [0.1, 0.15) is 24.2 Å². The van der Waals surface area contributed by atoms with Crippen LogP contribution in [-0.4, -0.2) is 49.7 Å². The van der Waals surface area contributed by atoms with Crippen molar-refractivity contribution in [2.45, 2.75) is 32.4 Å². The summed E-state index contributed by atoms with van der Waals surface area (Å²) in [4.78, 5) is 6.71. The Labute approximate surface area is 130 Å². The summed E-state index contributed by atoms with van der Waals surface area (Å²) < 4.78 is 1.89. The smallest absolute Gasteiger partial charge is 0.0967 e. The first-order valence-corrected chi connectivity index (χ1v) is 7.95. The van der Waals surface area contributed by atoms with Gasteiger partial charge in [0.15, 0.2) is 0 Å². The van der Waals surface area contributed by atoms with Crippen LogP contribution in [0.25, 0.3) is 0 Å². The third-order valence-corrected chi connectivity index (χ3v) is 4.26. The SMILES string of the molecule is OCC1CCN(Cc2cn(CCc3ccccn3)nn2)CC1. The van der Waals surface area contributed by atoms with Crippen LogP contribution in [-0.2, 0) is 19.5 Å². The van der Waals surface area contributed by atoms with E-state index in [1.165, 1.54) is 0 Å². The predicted molar refractivity (Wildman–Crippen MR) is 83.0 cm³/mol. The fourth-order valence-corrected chi connectivity index (χ4v) is 2.85. The van der Waals surface area contributed by atoms with Gasteiger partial charge in [-0.05, 0) is 44.0 Å². The Morgan fingerprint density at radius 2 is 2.05 bits per heavy atom. The topological polar surface area (TPSA) is 67.1 Å². The molecule has 1 N–H and O–H groups in total. The molecular formula is C16H23N5O. The second-order valence-corrected chi connectivity index (χ2v) is 5.95. The Kier molecular flexibility index (Phi) is 5.13. The third kappa shape index (κ3) is 4.11. The van der Waals surface area contributed by atoms with E-state index in [-0.39, 0.29) is 0 Å². The van der Waals surface area contributed by atoms with E-state index < -0.39 is 0 Å². The number of nitrogens with zero attached hydrogens (tertiary/aromatic N) is 5. The molecule has 0 bridgehead atoms. The Balaban J connectivity index is 1.47. The van der Waals surface area contributed by atoms with E-state index in [2.05, 4.69) is 20.2 Å². The van der Waals surface area contributed by atoms with E-state index in [4.69, 9.17) is 0 Å². The average molecular weight is 301 g/mol. The monoisotopic (exact) mass is 301 g/mol. The van der Waals surface area contributed by atoms with Gasteiger partial charge in [-0.3, -0.25) is 14.6 Å². The number of aliphatic hydroxyl groups is 1. The third-order valence-electron chi connectivity index (χ3n) is 4.26. The van der Waals surface area contributed by atoms with Gasteiger partial charge >= 0.3 is 0 Å². The molecule has 1 aliphatic heterocycles. The summed E-state index contributed by atoms with van der Waals surface area (Å²) >= 11 is 0. The Morgan fingerprint density at radius 3 is 2.77 bits per heavy atom. The van der Waals surface area contributed by atoms with Crippen molar-refractivity contribution in [3.05, 3.63) is 42.0 Å². The highest BCUT2D eigenvalue weighted by atomic mass is 16.3. The van der Waals surface area contributed by atoms with Crippen molar-refractivity contribution in [2.24, 2.45) is 5.92 Å². The van der Waals surface area contributed by atoms with Gasteiger partial charge in [-0.2, -0.15) is 0 Å². The van der Waals surface area contributed by atoms with Gasteiger partial charge in [0.1, 0.15) is 0 Å². The molecule has 22 heavy (non-hydrogen) atoms. The first-order valence-electron chi connectivity index (χ1n) is 7.95.